The number of carbonyl (C=O) groups is 2. The van der Waals surface area contributed by atoms with Gasteiger partial charge in [-0.05, 0) is 12.8 Å². The normalized spacial score (nSPS) is 24.1. The molecular formula is C12H21NO2. The van der Waals surface area contributed by atoms with E-state index in [1.807, 2.05) is 18.7 Å². The maximum Gasteiger partial charge on any atom is 0.209 e. The molecule has 3 heteroatoms. The minimum atomic E-state index is -0.418. The Kier molecular flexibility index (Phi) is 4.30. The lowest BCUT2D eigenvalue weighted by atomic mass is 9.81. The van der Waals surface area contributed by atoms with Gasteiger partial charge in [-0.3, -0.25) is 4.79 Å². The lowest BCUT2D eigenvalue weighted by Crippen LogP contribution is -2.46. The molecule has 0 bridgehead atoms. The van der Waals surface area contributed by atoms with Gasteiger partial charge in [0, 0.05) is 18.0 Å². The third-order valence-corrected chi connectivity index (χ3v) is 3.34. The summed E-state index contributed by atoms with van der Waals surface area (Å²) in [5.41, 5.74) is -0.418. The lowest BCUT2D eigenvalue weighted by molar-refractivity contribution is -0.127. The van der Waals surface area contributed by atoms with Crippen molar-refractivity contribution >= 4 is 12.7 Å². The molecular weight excluding hydrogens is 190 g/mol. The standard InChI is InChI=1S/C12H21NO2/c1-12(2,9-14)11-7-5-3-4-6-8-13(11)10-15/h9-11H,3-8H2,1-2H3. The zero-order valence-corrected chi connectivity index (χ0v) is 9.74. The quantitative estimate of drug-likeness (QED) is 0.670. The zero-order chi connectivity index (χ0) is 11.3. The van der Waals surface area contributed by atoms with Crippen molar-refractivity contribution in [2.75, 3.05) is 6.54 Å². The second kappa shape index (κ2) is 5.29. The molecule has 1 amide bonds. The van der Waals surface area contributed by atoms with E-state index in [2.05, 4.69) is 0 Å². The van der Waals surface area contributed by atoms with Crippen molar-refractivity contribution < 1.29 is 9.59 Å². The first-order valence-electron chi connectivity index (χ1n) is 5.79. The first-order valence-corrected chi connectivity index (χ1v) is 5.79. The van der Waals surface area contributed by atoms with Crippen LogP contribution >= 0.6 is 0 Å². The Hall–Kier alpha value is -0.860. The Morgan fingerprint density at radius 3 is 2.40 bits per heavy atom. The first-order chi connectivity index (χ1) is 7.11. The highest BCUT2D eigenvalue weighted by Crippen LogP contribution is 2.28. The third kappa shape index (κ3) is 3.05. The van der Waals surface area contributed by atoms with Crippen LogP contribution in [0.5, 0.6) is 0 Å². The predicted octanol–water partition coefficient (Wildman–Crippen LogP) is 2.00. The molecule has 1 unspecified atom stereocenters. The molecule has 1 heterocycles. The van der Waals surface area contributed by atoms with E-state index >= 15 is 0 Å². The van der Waals surface area contributed by atoms with Crippen LogP contribution in [0.3, 0.4) is 0 Å². The van der Waals surface area contributed by atoms with Crippen molar-refractivity contribution in [2.45, 2.75) is 52.0 Å². The molecule has 1 fully saturated rings. The van der Waals surface area contributed by atoms with Crippen LogP contribution < -0.4 is 0 Å². The summed E-state index contributed by atoms with van der Waals surface area (Å²) in [4.78, 5) is 23.9. The van der Waals surface area contributed by atoms with Gasteiger partial charge in [-0.25, -0.2) is 0 Å². The monoisotopic (exact) mass is 211 g/mol. The number of carbonyl (C=O) groups excluding carboxylic acids is 2. The topological polar surface area (TPSA) is 37.4 Å². The van der Waals surface area contributed by atoms with Crippen LogP contribution in [-0.4, -0.2) is 30.2 Å². The summed E-state index contributed by atoms with van der Waals surface area (Å²) in [6.45, 7) is 4.64. The average Bonchev–Trinajstić information content (AvgIpc) is 2.17. The Bertz CT molecular complexity index is 226. The van der Waals surface area contributed by atoms with Crippen LogP contribution in [0.25, 0.3) is 0 Å². The maximum absolute atomic E-state index is 11.0. The van der Waals surface area contributed by atoms with Crippen molar-refractivity contribution in [2.24, 2.45) is 5.41 Å². The highest BCUT2D eigenvalue weighted by Gasteiger charge is 2.33. The smallest absolute Gasteiger partial charge is 0.209 e. The van der Waals surface area contributed by atoms with E-state index in [9.17, 15) is 9.59 Å². The first kappa shape index (κ1) is 12.2. The van der Waals surface area contributed by atoms with Gasteiger partial charge in [0.1, 0.15) is 6.29 Å². The average molecular weight is 211 g/mol. The number of hydrogen-bond acceptors (Lipinski definition) is 2. The van der Waals surface area contributed by atoms with Gasteiger partial charge in [0.25, 0.3) is 0 Å². The molecule has 15 heavy (non-hydrogen) atoms. The molecule has 1 saturated heterocycles. The van der Waals surface area contributed by atoms with E-state index in [-0.39, 0.29) is 6.04 Å². The molecule has 0 radical (unpaired) electrons. The van der Waals surface area contributed by atoms with Gasteiger partial charge >= 0.3 is 0 Å². The summed E-state index contributed by atoms with van der Waals surface area (Å²) in [5, 5.41) is 0. The van der Waals surface area contributed by atoms with Gasteiger partial charge in [-0.15, -0.1) is 0 Å². The van der Waals surface area contributed by atoms with E-state index in [1.165, 1.54) is 12.8 Å². The number of likely N-dealkylation sites (tertiary alicyclic amines) is 1. The molecule has 86 valence electrons. The summed E-state index contributed by atoms with van der Waals surface area (Å²) in [5.74, 6) is 0. The minimum Gasteiger partial charge on any atom is -0.341 e. The van der Waals surface area contributed by atoms with E-state index in [0.29, 0.717) is 0 Å². The van der Waals surface area contributed by atoms with Crippen molar-refractivity contribution in [1.29, 1.82) is 0 Å². The van der Waals surface area contributed by atoms with Crippen LogP contribution in [0.4, 0.5) is 0 Å². The van der Waals surface area contributed by atoms with E-state index in [1.54, 1.807) is 0 Å². The van der Waals surface area contributed by atoms with Crippen LogP contribution in [-0.2, 0) is 9.59 Å². The molecule has 0 aromatic heterocycles. The van der Waals surface area contributed by atoms with Crippen molar-refractivity contribution in [3.8, 4) is 0 Å². The molecule has 0 saturated carbocycles. The molecule has 0 N–H and O–H groups in total. The van der Waals surface area contributed by atoms with Crippen molar-refractivity contribution in [3.05, 3.63) is 0 Å². The summed E-state index contributed by atoms with van der Waals surface area (Å²) in [6.07, 6.45) is 7.43. The Morgan fingerprint density at radius 2 is 1.80 bits per heavy atom. The van der Waals surface area contributed by atoms with E-state index in [0.717, 1.165) is 38.5 Å². The van der Waals surface area contributed by atoms with Crippen LogP contribution in [0.1, 0.15) is 46.0 Å². The van der Waals surface area contributed by atoms with Gasteiger partial charge in [-0.1, -0.05) is 33.1 Å². The minimum absolute atomic E-state index is 0.0767. The van der Waals surface area contributed by atoms with Gasteiger partial charge in [-0.2, -0.15) is 0 Å². The van der Waals surface area contributed by atoms with E-state index in [4.69, 9.17) is 0 Å². The number of hydrogen-bond donors (Lipinski definition) is 0. The van der Waals surface area contributed by atoms with Crippen LogP contribution in [0, 0.1) is 5.41 Å². The number of rotatable bonds is 3. The predicted molar refractivity (Wildman–Crippen MR) is 59.5 cm³/mol. The van der Waals surface area contributed by atoms with Gasteiger partial charge in [0.05, 0.1) is 0 Å². The second-order valence-electron chi connectivity index (χ2n) is 5.00. The summed E-state index contributed by atoms with van der Waals surface area (Å²) >= 11 is 0. The second-order valence-corrected chi connectivity index (χ2v) is 5.00. The maximum atomic E-state index is 11.0. The molecule has 1 aliphatic heterocycles. The highest BCUT2D eigenvalue weighted by atomic mass is 16.1. The molecule has 1 aliphatic rings. The third-order valence-electron chi connectivity index (χ3n) is 3.34. The molecule has 3 nitrogen and oxygen atoms in total. The highest BCUT2D eigenvalue weighted by molar-refractivity contribution is 5.61. The van der Waals surface area contributed by atoms with Crippen LogP contribution in [0.2, 0.25) is 0 Å². The van der Waals surface area contributed by atoms with Gasteiger partial charge in [0.15, 0.2) is 0 Å². The van der Waals surface area contributed by atoms with Gasteiger partial charge < -0.3 is 9.69 Å². The molecule has 0 spiro atoms. The Balaban J connectivity index is 2.77. The number of aldehydes is 1. The number of amides is 1. The van der Waals surface area contributed by atoms with Crippen LogP contribution in [0.15, 0.2) is 0 Å². The zero-order valence-electron chi connectivity index (χ0n) is 9.74. The summed E-state index contributed by atoms with van der Waals surface area (Å²) < 4.78 is 0. The lowest BCUT2D eigenvalue weighted by Gasteiger charge is -2.38. The molecule has 0 aliphatic carbocycles. The molecule has 1 rings (SSSR count). The molecule has 0 aromatic rings. The SMILES string of the molecule is CC(C)(C=O)C1CCCCCCN1C=O. The number of nitrogens with zero attached hydrogens (tertiary/aromatic N) is 1. The Labute approximate surface area is 91.8 Å². The van der Waals surface area contributed by atoms with Gasteiger partial charge in [0.2, 0.25) is 6.41 Å². The van der Waals surface area contributed by atoms with Crippen molar-refractivity contribution in [1.82, 2.24) is 4.90 Å². The summed E-state index contributed by atoms with van der Waals surface area (Å²) in [7, 11) is 0. The fraction of sp³-hybridized carbons (Fsp3) is 0.833. The molecule has 0 aromatic carbocycles. The van der Waals surface area contributed by atoms with Crippen molar-refractivity contribution in [3.63, 3.8) is 0 Å². The van der Waals surface area contributed by atoms with E-state index < -0.39 is 5.41 Å². The fourth-order valence-corrected chi connectivity index (χ4v) is 2.31. The summed E-state index contributed by atoms with van der Waals surface area (Å²) in [6, 6.07) is 0.0767. The largest absolute Gasteiger partial charge is 0.341 e. The molecule has 1 atom stereocenters. The fourth-order valence-electron chi connectivity index (χ4n) is 2.31. The Morgan fingerprint density at radius 1 is 1.13 bits per heavy atom.